The number of nitrogens with one attached hydrogen (secondary N) is 2. The fraction of sp³-hybridized carbons (Fsp3) is 0.214. The first-order valence-electron chi connectivity index (χ1n) is 7.17. The molecule has 2 amide bonds. The average molecular weight is 379 g/mol. The summed E-state index contributed by atoms with van der Waals surface area (Å²) in [7, 11) is 0. The minimum atomic E-state index is -0.834. The number of nitro benzene ring substituents is 2. The molecule has 0 saturated carbocycles. The molecule has 0 bridgehead atoms. The van der Waals surface area contributed by atoms with Gasteiger partial charge in [0.15, 0.2) is 5.17 Å². The minimum Gasteiger partial charge on any atom is -0.320 e. The number of anilines is 1. The molecule has 1 aromatic carbocycles. The molecule has 12 heteroatoms. The number of non-ortho nitro benzene ring substituents is 1. The number of nitro groups is 2. The van der Waals surface area contributed by atoms with Crippen LogP contribution in [0.3, 0.4) is 0 Å². The largest absolute Gasteiger partial charge is 0.320 e. The highest BCUT2D eigenvalue weighted by atomic mass is 32.2. The Morgan fingerprint density at radius 1 is 1.38 bits per heavy atom. The summed E-state index contributed by atoms with van der Waals surface area (Å²) in [4.78, 5) is 48.1. The van der Waals surface area contributed by atoms with Crippen molar-refractivity contribution in [1.82, 2.24) is 5.32 Å². The highest BCUT2D eigenvalue weighted by molar-refractivity contribution is 8.15. The molecule has 1 atom stereocenters. The maximum Gasteiger partial charge on any atom is 0.299 e. The normalized spacial score (nSPS) is 17.6. The Morgan fingerprint density at radius 2 is 2.12 bits per heavy atom. The molecule has 0 radical (unpaired) electrons. The second kappa shape index (κ2) is 8.20. The van der Waals surface area contributed by atoms with E-state index in [-0.39, 0.29) is 12.1 Å². The van der Waals surface area contributed by atoms with E-state index in [1.54, 1.807) is 6.08 Å². The second-order valence-electron chi connectivity index (χ2n) is 5.00. The zero-order chi connectivity index (χ0) is 19.3. The number of carbonyl (C=O) groups excluding carboxylic acids is 2. The van der Waals surface area contributed by atoms with Crippen molar-refractivity contribution in [2.75, 3.05) is 11.9 Å². The van der Waals surface area contributed by atoms with Crippen LogP contribution in [0.4, 0.5) is 17.1 Å². The Balaban J connectivity index is 2.08. The van der Waals surface area contributed by atoms with Crippen molar-refractivity contribution < 1.29 is 19.4 Å². The van der Waals surface area contributed by atoms with Crippen LogP contribution in [0.2, 0.25) is 0 Å². The van der Waals surface area contributed by atoms with E-state index in [0.717, 1.165) is 30.0 Å². The lowest BCUT2D eigenvalue weighted by atomic mass is 10.2. The van der Waals surface area contributed by atoms with Crippen LogP contribution in [0, 0.1) is 20.2 Å². The topological polar surface area (TPSA) is 157 Å². The van der Waals surface area contributed by atoms with Crippen LogP contribution in [0.25, 0.3) is 0 Å². The number of nitrogens with zero attached hydrogens (tertiary/aromatic N) is 3. The van der Waals surface area contributed by atoms with Crippen LogP contribution >= 0.6 is 11.8 Å². The summed E-state index contributed by atoms with van der Waals surface area (Å²) >= 11 is 1.07. The zero-order valence-electron chi connectivity index (χ0n) is 13.2. The number of benzene rings is 1. The van der Waals surface area contributed by atoms with Gasteiger partial charge in [-0.05, 0) is 6.07 Å². The average Bonchev–Trinajstić information content (AvgIpc) is 2.92. The van der Waals surface area contributed by atoms with Gasteiger partial charge in [-0.1, -0.05) is 17.8 Å². The van der Waals surface area contributed by atoms with E-state index in [0.29, 0.717) is 11.7 Å². The molecule has 26 heavy (non-hydrogen) atoms. The summed E-state index contributed by atoms with van der Waals surface area (Å²) in [6.07, 6.45) is 1.31. The van der Waals surface area contributed by atoms with Crippen LogP contribution in [-0.4, -0.2) is 38.6 Å². The lowest BCUT2D eigenvalue weighted by molar-refractivity contribution is -0.393. The van der Waals surface area contributed by atoms with Crippen molar-refractivity contribution in [3.8, 4) is 0 Å². The third-order valence-corrected chi connectivity index (χ3v) is 4.29. The first kappa shape index (κ1) is 19.1. The maximum absolute atomic E-state index is 12.1. The number of hydrogen-bond acceptors (Lipinski definition) is 8. The number of amidine groups is 1. The fourth-order valence-electron chi connectivity index (χ4n) is 2.02. The summed E-state index contributed by atoms with van der Waals surface area (Å²) in [6, 6.07) is 2.87. The zero-order valence-corrected chi connectivity index (χ0v) is 14.0. The molecule has 1 aliphatic rings. The molecule has 136 valence electrons. The van der Waals surface area contributed by atoms with Gasteiger partial charge in [0.2, 0.25) is 11.8 Å². The summed E-state index contributed by atoms with van der Waals surface area (Å²) < 4.78 is 0. The molecule has 0 spiro atoms. The Morgan fingerprint density at radius 3 is 2.73 bits per heavy atom. The van der Waals surface area contributed by atoms with Crippen LogP contribution in [-0.2, 0) is 9.59 Å². The molecular weight excluding hydrogens is 366 g/mol. The number of thioether (sulfide) groups is 1. The van der Waals surface area contributed by atoms with E-state index < -0.39 is 38.3 Å². The molecule has 1 heterocycles. The monoisotopic (exact) mass is 379 g/mol. The highest BCUT2D eigenvalue weighted by Gasteiger charge is 2.32. The summed E-state index contributed by atoms with van der Waals surface area (Å²) in [5, 5.41) is 26.2. The van der Waals surface area contributed by atoms with E-state index in [4.69, 9.17) is 0 Å². The SMILES string of the molecule is C=CCN=C1NC(=O)[C@H](CC(=O)Nc2ccc([N+](=O)[O-])cc2[N+](=O)[O-])S1. The van der Waals surface area contributed by atoms with Crippen LogP contribution in [0.15, 0.2) is 35.8 Å². The lowest BCUT2D eigenvalue weighted by Crippen LogP contribution is -2.28. The molecule has 0 aromatic heterocycles. The van der Waals surface area contributed by atoms with Crippen LogP contribution in [0.1, 0.15) is 6.42 Å². The molecule has 0 aliphatic carbocycles. The molecule has 2 rings (SSSR count). The molecule has 1 aromatic rings. The van der Waals surface area contributed by atoms with Gasteiger partial charge in [-0.2, -0.15) is 0 Å². The van der Waals surface area contributed by atoms with Gasteiger partial charge in [0.25, 0.3) is 11.4 Å². The van der Waals surface area contributed by atoms with Gasteiger partial charge in [-0.3, -0.25) is 34.8 Å². The van der Waals surface area contributed by atoms with Crippen molar-refractivity contribution in [2.24, 2.45) is 4.99 Å². The van der Waals surface area contributed by atoms with Gasteiger partial charge >= 0.3 is 0 Å². The van der Waals surface area contributed by atoms with Crippen molar-refractivity contribution in [2.45, 2.75) is 11.7 Å². The highest BCUT2D eigenvalue weighted by Crippen LogP contribution is 2.30. The predicted octanol–water partition coefficient (Wildman–Crippen LogP) is 1.61. The van der Waals surface area contributed by atoms with Gasteiger partial charge in [-0.25, -0.2) is 0 Å². The lowest BCUT2D eigenvalue weighted by Gasteiger charge is -2.08. The Bertz CT molecular complexity index is 824. The predicted molar refractivity (Wildman–Crippen MR) is 95.0 cm³/mol. The maximum atomic E-state index is 12.1. The molecule has 2 N–H and O–H groups in total. The van der Waals surface area contributed by atoms with Crippen molar-refractivity contribution in [1.29, 1.82) is 0 Å². The Kier molecular flexibility index (Phi) is 6.01. The van der Waals surface area contributed by atoms with Crippen molar-refractivity contribution in [3.63, 3.8) is 0 Å². The van der Waals surface area contributed by atoms with Gasteiger partial charge in [0.05, 0.1) is 22.5 Å². The number of rotatable bonds is 7. The van der Waals surface area contributed by atoms with E-state index in [9.17, 15) is 29.8 Å². The smallest absolute Gasteiger partial charge is 0.299 e. The van der Waals surface area contributed by atoms with Gasteiger partial charge in [0, 0.05) is 12.5 Å². The second-order valence-corrected chi connectivity index (χ2v) is 6.19. The van der Waals surface area contributed by atoms with Crippen LogP contribution < -0.4 is 10.6 Å². The third-order valence-electron chi connectivity index (χ3n) is 3.17. The van der Waals surface area contributed by atoms with Gasteiger partial charge in [0.1, 0.15) is 10.9 Å². The number of hydrogen-bond donors (Lipinski definition) is 2. The number of carbonyl (C=O) groups is 2. The first-order chi connectivity index (χ1) is 12.3. The summed E-state index contributed by atoms with van der Waals surface area (Å²) in [5.41, 5.74) is -1.26. The molecule has 1 fully saturated rings. The fourth-order valence-corrected chi connectivity index (χ4v) is 3.00. The van der Waals surface area contributed by atoms with E-state index >= 15 is 0 Å². The van der Waals surface area contributed by atoms with E-state index in [1.807, 2.05) is 0 Å². The molecular formula is C14H13N5O6S. The molecule has 1 saturated heterocycles. The van der Waals surface area contributed by atoms with Crippen molar-refractivity contribution >= 4 is 45.8 Å². The van der Waals surface area contributed by atoms with E-state index in [2.05, 4.69) is 22.2 Å². The molecule has 11 nitrogen and oxygen atoms in total. The van der Waals surface area contributed by atoms with Crippen LogP contribution in [0.5, 0.6) is 0 Å². The van der Waals surface area contributed by atoms with Gasteiger partial charge < -0.3 is 10.6 Å². The third kappa shape index (κ3) is 4.63. The standard InChI is InChI=1S/C14H13N5O6S/c1-2-5-15-14-17-13(21)11(26-14)7-12(20)16-9-4-3-8(18(22)23)6-10(9)19(24)25/h2-4,6,11H,1,5,7H2,(H,16,20)(H,15,17,21)/t11-/m0/s1. The number of amides is 2. The van der Waals surface area contributed by atoms with E-state index in [1.165, 1.54) is 0 Å². The van der Waals surface area contributed by atoms with Gasteiger partial charge in [-0.15, -0.1) is 6.58 Å². The van der Waals surface area contributed by atoms with Crippen molar-refractivity contribution in [3.05, 3.63) is 51.1 Å². The Hall–Kier alpha value is -3.28. The first-order valence-corrected chi connectivity index (χ1v) is 8.05. The summed E-state index contributed by atoms with van der Waals surface area (Å²) in [6.45, 7) is 3.82. The summed E-state index contributed by atoms with van der Waals surface area (Å²) in [5.74, 6) is -1.04. The number of aliphatic imine (C=N–C) groups is 1. The Labute approximate surface area is 150 Å². The molecule has 0 unspecified atom stereocenters. The molecule has 1 aliphatic heterocycles. The quantitative estimate of drug-likeness (QED) is 0.414. The minimum absolute atomic E-state index is 0.186.